The number of ether oxygens (including phenoxy) is 1. The molecule has 0 spiro atoms. The van der Waals surface area contributed by atoms with Gasteiger partial charge in [0.2, 0.25) is 5.82 Å². The molecule has 0 bridgehead atoms. The minimum atomic E-state index is -0.369. The lowest BCUT2D eigenvalue weighted by atomic mass is 10.2. The molecule has 2 aromatic heterocycles. The molecule has 0 saturated carbocycles. The van der Waals surface area contributed by atoms with Crippen LogP contribution in [0.1, 0.15) is 16.2 Å². The fourth-order valence-corrected chi connectivity index (χ4v) is 4.69. The molecule has 174 valence electrons. The van der Waals surface area contributed by atoms with Gasteiger partial charge in [0.1, 0.15) is 11.6 Å². The van der Waals surface area contributed by atoms with Crippen molar-refractivity contribution in [1.82, 2.24) is 24.6 Å². The van der Waals surface area contributed by atoms with Crippen LogP contribution in [0.25, 0.3) is 16.4 Å². The standard InChI is InChI=1S/C25H24FN5O2S/c1-33-21-9-7-18(8-10-21)17-29-11-13-30(14-12-29)25(32)23-27-24(22-6-3-15-34-22)31(28-23)20-5-2-4-19(26)16-20/h2-10,15-16H,11-14,17H2,1H3. The van der Waals surface area contributed by atoms with Gasteiger partial charge in [-0.05, 0) is 47.3 Å². The molecule has 4 aromatic rings. The summed E-state index contributed by atoms with van der Waals surface area (Å²) in [6.07, 6.45) is 0. The van der Waals surface area contributed by atoms with Crippen LogP contribution in [0.3, 0.4) is 0 Å². The predicted octanol–water partition coefficient (Wildman–Crippen LogP) is 4.10. The first-order valence-electron chi connectivity index (χ1n) is 11.0. The number of benzene rings is 2. The molecule has 0 unspecified atom stereocenters. The van der Waals surface area contributed by atoms with E-state index in [2.05, 4.69) is 27.1 Å². The van der Waals surface area contributed by atoms with E-state index in [1.54, 1.807) is 28.8 Å². The molecule has 1 amide bonds. The minimum Gasteiger partial charge on any atom is -0.497 e. The van der Waals surface area contributed by atoms with E-state index in [9.17, 15) is 9.18 Å². The first kappa shape index (κ1) is 22.2. The fourth-order valence-electron chi connectivity index (χ4n) is 4.00. The van der Waals surface area contributed by atoms with Crippen molar-refractivity contribution in [3.05, 3.63) is 83.2 Å². The van der Waals surface area contributed by atoms with Gasteiger partial charge in [-0.25, -0.2) is 14.1 Å². The van der Waals surface area contributed by atoms with E-state index >= 15 is 0 Å². The smallest absolute Gasteiger partial charge is 0.293 e. The summed E-state index contributed by atoms with van der Waals surface area (Å²) in [5.74, 6) is 0.910. The quantitative estimate of drug-likeness (QED) is 0.418. The molecule has 1 aliphatic rings. The number of thiophene rings is 1. The Hall–Kier alpha value is -3.56. The highest BCUT2D eigenvalue weighted by Crippen LogP contribution is 2.26. The maximum absolute atomic E-state index is 13.9. The zero-order valence-corrected chi connectivity index (χ0v) is 19.5. The van der Waals surface area contributed by atoms with Crippen molar-refractivity contribution < 1.29 is 13.9 Å². The first-order chi connectivity index (χ1) is 16.6. The summed E-state index contributed by atoms with van der Waals surface area (Å²) in [6.45, 7) is 3.54. The van der Waals surface area contributed by atoms with Crippen LogP contribution in [0.4, 0.5) is 4.39 Å². The van der Waals surface area contributed by atoms with E-state index in [1.165, 1.54) is 29.0 Å². The van der Waals surface area contributed by atoms with Gasteiger partial charge in [0.05, 0.1) is 17.7 Å². The third-order valence-electron chi connectivity index (χ3n) is 5.82. The topological polar surface area (TPSA) is 63.5 Å². The van der Waals surface area contributed by atoms with Gasteiger partial charge in [0, 0.05) is 32.7 Å². The first-order valence-corrected chi connectivity index (χ1v) is 11.9. The number of carbonyl (C=O) groups is 1. The molecule has 0 N–H and O–H groups in total. The Balaban J connectivity index is 1.30. The number of nitrogens with zero attached hydrogens (tertiary/aromatic N) is 5. The number of amides is 1. The Morgan fingerprint density at radius 2 is 1.85 bits per heavy atom. The highest BCUT2D eigenvalue weighted by molar-refractivity contribution is 7.13. The lowest BCUT2D eigenvalue weighted by molar-refractivity contribution is 0.0616. The van der Waals surface area contributed by atoms with Crippen LogP contribution in [0.5, 0.6) is 5.75 Å². The summed E-state index contributed by atoms with van der Waals surface area (Å²) in [6, 6.07) is 18.0. The van der Waals surface area contributed by atoms with Crippen molar-refractivity contribution in [2.75, 3.05) is 33.3 Å². The van der Waals surface area contributed by atoms with Gasteiger partial charge in [-0.1, -0.05) is 24.3 Å². The van der Waals surface area contributed by atoms with Crippen molar-refractivity contribution >= 4 is 17.2 Å². The third kappa shape index (κ3) is 4.71. The predicted molar refractivity (Wildman–Crippen MR) is 129 cm³/mol. The van der Waals surface area contributed by atoms with Gasteiger partial charge in [0.15, 0.2) is 5.82 Å². The number of rotatable bonds is 6. The number of carbonyl (C=O) groups excluding carboxylic acids is 1. The van der Waals surface area contributed by atoms with Gasteiger partial charge in [0.25, 0.3) is 5.91 Å². The fraction of sp³-hybridized carbons (Fsp3) is 0.240. The van der Waals surface area contributed by atoms with Crippen molar-refractivity contribution in [3.63, 3.8) is 0 Å². The van der Waals surface area contributed by atoms with Crippen LogP contribution in [-0.4, -0.2) is 63.8 Å². The lowest BCUT2D eigenvalue weighted by Gasteiger charge is -2.34. The molecular weight excluding hydrogens is 453 g/mol. The number of hydrogen-bond donors (Lipinski definition) is 0. The van der Waals surface area contributed by atoms with E-state index in [1.807, 2.05) is 29.6 Å². The number of methoxy groups -OCH3 is 1. The van der Waals surface area contributed by atoms with E-state index in [0.29, 0.717) is 24.6 Å². The lowest BCUT2D eigenvalue weighted by Crippen LogP contribution is -2.48. The summed E-state index contributed by atoms with van der Waals surface area (Å²) in [7, 11) is 1.66. The molecule has 1 aliphatic heterocycles. The second kappa shape index (κ2) is 9.74. The summed E-state index contributed by atoms with van der Waals surface area (Å²) < 4.78 is 20.6. The molecule has 2 aromatic carbocycles. The van der Waals surface area contributed by atoms with Gasteiger partial charge < -0.3 is 9.64 Å². The minimum absolute atomic E-state index is 0.122. The Kier molecular flexibility index (Phi) is 6.37. The Morgan fingerprint density at radius 1 is 1.06 bits per heavy atom. The van der Waals surface area contributed by atoms with Gasteiger partial charge in [-0.3, -0.25) is 9.69 Å². The van der Waals surface area contributed by atoms with Gasteiger partial charge in [-0.15, -0.1) is 16.4 Å². The number of aromatic nitrogens is 3. The van der Waals surface area contributed by atoms with Crippen LogP contribution in [0, 0.1) is 5.82 Å². The largest absolute Gasteiger partial charge is 0.497 e. The van der Waals surface area contributed by atoms with Gasteiger partial charge >= 0.3 is 0 Å². The van der Waals surface area contributed by atoms with Crippen molar-refractivity contribution in [3.8, 4) is 22.1 Å². The van der Waals surface area contributed by atoms with E-state index in [4.69, 9.17) is 4.74 Å². The second-order valence-corrected chi connectivity index (χ2v) is 8.99. The van der Waals surface area contributed by atoms with Crippen LogP contribution < -0.4 is 4.74 Å². The summed E-state index contributed by atoms with van der Waals surface area (Å²) in [5.41, 5.74) is 1.73. The van der Waals surface area contributed by atoms with Crippen LogP contribution in [0.15, 0.2) is 66.0 Å². The van der Waals surface area contributed by atoms with Crippen molar-refractivity contribution in [2.24, 2.45) is 0 Å². The van der Waals surface area contributed by atoms with Crippen molar-refractivity contribution in [2.45, 2.75) is 6.54 Å². The highest BCUT2D eigenvalue weighted by atomic mass is 32.1. The molecule has 0 aliphatic carbocycles. The Morgan fingerprint density at radius 3 is 2.53 bits per heavy atom. The van der Waals surface area contributed by atoms with E-state index in [0.717, 1.165) is 30.3 Å². The monoisotopic (exact) mass is 477 g/mol. The Labute approximate surface area is 201 Å². The number of hydrogen-bond acceptors (Lipinski definition) is 6. The average molecular weight is 478 g/mol. The molecule has 5 rings (SSSR count). The Bertz CT molecular complexity index is 1260. The summed E-state index contributed by atoms with van der Waals surface area (Å²) in [4.78, 5) is 22.8. The maximum Gasteiger partial charge on any atom is 0.293 e. The average Bonchev–Trinajstić information content (AvgIpc) is 3.55. The van der Waals surface area contributed by atoms with Gasteiger partial charge in [-0.2, -0.15) is 0 Å². The molecule has 0 radical (unpaired) electrons. The number of piperazine rings is 1. The molecule has 9 heteroatoms. The third-order valence-corrected chi connectivity index (χ3v) is 6.68. The highest BCUT2D eigenvalue weighted by Gasteiger charge is 2.27. The molecule has 1 fully saturated rings. The van der Waals surface area contributed by atoms with E-state index in [-0.39, 0.29) is 17.5 Å². The van der Waals surface area contributed by atoms with Crippen LogP contribution in [0.2, 0.25) is 0 Å². The van der Waals surface area contributed by atoms with Crippen LogP contribution >= 0.6 is 11.3 Å². The normalized spacial score (nSPS) is 14.4. The van der Waals surface area contributed by atoms with Crippen molar-refractivity contribution in [1.29, 1.82) is 0 Å². The zero-order chi connectivity index (χ0) is 23.5. The molecule has 0 atom stereocenters. The molecular formula is C25H24FN5O2S. The molecule has 3 heterocycles. The number of halogens is 1. The molecule has 7 nitrogen and oxygen atoms in total. The zero-order valence-electron chi connectivity index (χ0n) is 18.7. The van der Waals surface area contributed by atoms with Crippen LogP contribution in [-0.2, 0) is 6.54 Å². The van der Waals surface area contributed by atoms with E-state index < -0.39 is 0 Å². The summed E-state index contributed by atoms with van der Waals surface area (Å²) >= 11 is 1.50. The maximum atomic E-state index is 13.9. The molecule has 1 saturated heterocycles. The molecule has 34 heavy (non-hydrogen) atoms. The second-order valence-electron chi connectivity index (χ2n) is 8.04. The summed E-state index contributed by atoms with van der Waals surface area (Å²) in [5, 5.41) is 6.42. The SMILES string of the molecule is COc1ccc(CN2CCN(C(=O)c3nc(-c4cccs4)n(-c4cccc(F)c4)n3)CC2)cc1.